The van der Waals surface area contributed by atoms with E-state index in [1.807, 2.05) is 42.5 Å². The first-order valence-corrected chi connectivity index (χ1v) is 7.16. The Morgan fingerprint density at radius 1 is 1.21 bits per heavy atom. The summed E-state index contributed by atoms with van der Waals surface area (Å²) >= 11 is 8.34. The molecule has 3 nitrogen and oxygen atoms in total. The summed E-state index contributed by atoms with van der Waals surface area (Å²) in [5.41, 5.74) is 4.95. The standard InChI is InChI=1S/C14H14ClIN2O/c1-19-11-5-2-9(3-6-11)14(18-17)12-8-10(15)4-7-13(12)16/h2-8,14,18H,17H2,1H3. The first-order valence-electron chi connectivity index (χ1n) is 5.70. The molecule has 0 radical (unpaired) electrons. The van der Waals surface area contributed by atoms with Crippen molar-refractivity contribution in [2.24, 2.45) is 5.84 Å². The summed E-state index contributed by atoms with van der Waals surface area (Å²) in [6.07, 6.45) is 0. The number of hydrogen-bond donors (Lipinski definition) is 2. The van der Waals surface area contributed by atoms with Crippen molar-refractivity contribution in [1.82, 2.24) is 5.43 Å². The van der Waals surface area contributed by atoms with Crippen molar-refractivity contribution in [3.05, 3.63) is 62.2 Å². The summed E-state index contributed by atoms with van der Waals surface area (Å²) in [6.45, 7) is 0. The summed E-state index contributed by atoms with van der Waals surface area (Å²) in [7, 11) is 1.65. The molecular weight excluding hydrogens is 375 g/mol. The molecule has 0 saturated carbocycles. The molecule has 0 aliphatic carbocycles. The van der Waals surface area contributed by atoms with E-state index < -0.39 is 0 Å². The molecule has 0 spiro atoms. The fourth-order valence-corrected chi connectivity index (χ4v) is 2.73. The minimum atomic E-state index is -0.100. The second-order valence-electron chi connectivity index (χ2n) is 4.04. The lowest BCUT2D eigenvalue weighted by Gasteiger charge is -2.19. The highest BCUT2D eigenvalue weighted by molar-refractivity contribution is 14.1. The van der Waals surface area contributed by atoms with Gasteiger partial charge in [-0.05, 0) is 64.0 Å². The molecular formula is C14H14ClIN2O. The molecule has 2 aromatic carbocycles. The quantitative estimate of drug-likeness (QED) is 0.479. The Kier molecular flexibility index (Phi) is 5.04. The lowest BCUT2D eigenvalue weighted by Crippen LogP contribution is -2.29. The summed E-state index contributed by atoms with van der Waals surface area (Å²) < 4.78 is 6.27. The summed E-state index contributed by atoms with van der Waals surface area (Å²) in [4.78, 5) is 0. The van der Waals surface area contributed by atoms with E-state index in [0.29, 0.717) is 5.02 Å². The normalized spacial score (nSPS) is 12.2. The van der Waals surface area contributed by atoms with Gasteiger partial charge in [-0.2, -0.15) is 0 Å². The van der Waals surface area contributed by atoms with Crippen LogP contribution in [0.1, 0.15) is 17.2 Å². The Labute approximate surface area is 131 Å². The molecule has 2 aromatic rings. The number of hydrazine groups is 1. The van der Waals surface area contributed by atoms with E-state index in [9.17, 15) is 0 Å². The van der Waals surface area contributed by atoms with Gasteiger partial charge in [-0.3, -0.25) is 5.84 Å². The average molecular weight is 389 g/mol. The van der Waals surface area contributed by atoms with Crippen LogP contribution in [0.5, 0.6) is 5.75 Å². The molecule has 1 atom stereocenters. The largest absolute Gasteiger partial charge is 0.497 e. The number of methoxy groups -OCH3 is 1. The predicted molar refractivity (Wildman–Crippen MR) is 86.3 cm³/mol. The SMILES string of the molecule is COc1ccc(C(NN)c2cc(Cl)ccc2I)cc1. The molecule has 2 rings (SSSR count). The number of nitrogens with two attached hydrogens (primary N) is 1. The molecule has 1 unspecified atom stereocenters. The summed E-state index contributed by atoms with van der Waals surface area (Å²) in [6, 6.07) is 13.5. The van der Waals surface area contributed by atoms with Crippen molar-refractivity contribution in [1.29, 1.82) is 0 Å². The number of benzene rings is 2. The molecule has 0 fully saturated rings. The molecule has 0 bridgehead atoms. The van der Waals surface area contributed by atoms with Gasteiger partial charge in [0.25, 0.3) is 0 Å². The highest BCUT2D eigenvalue weighted by Crippen LogP contribution is 2.29. The van der Waals surface area contributed by atoms with Crippen LogP contribution in [-0.4, -0.2) is 7.11 Å². The maximum absolute atomic E-state index is 6.06. The molecule has 0 aromatic heterocycles. The molecule has 19 heavy (non-hydrogen) atoms. The molecule has 0 aliphatic heterocycles. The van der Waals surface area contributed by atoms with Gasteiger partial charge >= 0.3 is 0 Å². The minimum Gasteiger partial charge on any atom is -0.497 e. The Bertz CT molecular complexity index is 560. The molecule has 3 N–H and O–H groups in total. The topological polar surface area (TPSA) is 47.3 Å². The first-order chi connectivity index (χ1) is 9.15. The van der Waals surface area contributed by atoms with E-state index in [1.54, 1.807) is 7.11 Å². The second kappa shape index (κ2) is 6.56. The maximum Gasteiger partial charge on any atom is 0.118 e. The fourth-order valence-electron chi connectivity index (χ4n) is 1.90. The van der Waals surface area contributed by atoms with Crippen LogP contribution in [0.2, 0.25) is 5.02 Å². The predicted octanol–water partition coefficient (Wildman–Crippen LogP) is 3.51. The summed E-state index contributed by atoms with van der Waals surface area (Å²) in [5.74, 6) is 6.52. The average Bonchev–Trinajstić information content (AvgIpc) is 2.44. The third-order valence-corrected chi connectivity index (χ3v) is 4.10. The van der Waals surface area contributed by atoms with Gasteiger partial charge in [0.1, 0.15) is 5.75 Å². The number of nitrogens with one attached hydrogen (secondary N) is 1. The van der Waals surface area contributed by atoms with Gasteiger partial charge in [0.2, 0.25) is 0 Å². The van der Waals surface area contributed by atoms with Gasteiger partial charge in [-0.15, -0.1) is 0 Å². The van der Waals surface area contributed by atoms with Gasteiger partial charge in [-0.25, -0.2) is 5.43 Å². The zero-order valence-corrected chi connectivity index (χ0v) is 13.3. The van der Waals surface area contributed by atoms with E-state index in [2.05, 4.69) is 28.0 Å². The highest BCUT2D eigenvalue weighted by Gasteiger charge is 2.15. The Morgan fingerprint density at radius 2 is 1.89 bits per heavy atom. The Balaban J connectivity index is 2.40. The molecule has 0 heterocycles. The fraction of sp³-hybridized carbons (Fsp3) is 0.143. The van der Waals surface area contributed by atoms with Crippen LogP contribution in [0.4, 0.5) is 0 Å². The zero-order valence-electron chi connectivity index (χ0n) is 10.4. The van der Waals surface area contributed by atoms with Crippen LogP contribution in [0, 0.1) is 3.57 Å². The molecule has 0 saturated heterocycles. The lowest BCUT2D eigenvalue weighted by atomic mass is 9.99. The monoisotopic (exact) mass is 388 g/mol. The number of hydrogen-bond acceptors (Lipinski definition) is 3. The zero-order chi connectivity index (χ0) is 13.8. The van der Waals surface area contributed by atoms with Gasteiger partial charge in [0.05, 0.1) is 13.2 Å². The highest BCUT2D eigenvalue weighted by atomic mass is 127. The van der Waals surface area contributed by atoms with Crippen LogP contribution in [0.3, 0.4) is 0 Å². The van der Waals surface area contributed by atoms with Gasteiger partial charge in [-0.1, -0.05) is 23.7 Å². The van der Waals surface area contributed by atoms with E-state index in [4.69, 9.17) is 22.2 Å². The van der Waals surface area contributed by atoms with Crippen molar-refractivity contribution in [3.8, 4) is 5.75 Å². The molecule has 0 amide bonds. The van der Waals surface area contributed by atoms with E-state index in [1.165, 1.54) is 0 Å². The van der Waals surface area contributed by atoms with E-state index in [-0.39, 0.29) is 6.04 Å². The maximum atomic E-state index is 6.06. The molecule has 100 valence electrons. The number of ether oxygens (including phenoxy) is 1. The van der Waals surface area contributed by atoms with E-state index in [0.717, 1.165) is 20.4 Å². The van der Waals surface area contributed by atoms with Crippen LogP contribution in [-0.2, 0) is 0 Å². The van der Waals surface area contributed by atoms with Crippen LogP contribution < -0.4 is 16.0 Å². The summed E-state index contributed by atoms with van der Waals surface area (Å²) in [5, 5.41) is 0.698. The first kappa shape index (κ1) is 14.6. The third kappa shape index (κ3) is 3.39. The van der Waals surface area contributed by atoms with Crippen molar-refractivity contribution in [3.63, 3.8) is 0 Å². The van der Waals surface area contributed by atoms with Gasteiger partial charge < -0.3 is 4.74 Å². The van der Waals surface area contributed by atoms with Gasteiger partial charge in [0, 0.05) is 8.59 Å². The van der Waals surface area contributed by atoms with Crippen LogP contribution >= 0.6 is 34.2 Å². The smallest absolute Gasteiger partial charge is 0.118 e. The third-order valence-electron chi connectivity index (χ3n) is 2.88. The van der Waals surface area contributed by atoms with Crippen molar-refractivity contribution >= 4 is 34.2 Å². The second-order valence-corrected chi connectivity index (χ2v) is 5.64. The van der Waals surface area contributed by atoms with Crippen molar-refractivity contribution < 1.29 is 4.74 Å². The number of rotatable bonds is 4. The Morgan fingerprint density at radius 3 is 2.47 bits per heavy atom. The van der Waals surface area contributed by atoms with Crippen molar-refractivity contribution in [2.45, 2.75) is 6.04 Å². The Hall–Kier alpha value is -0.820. The van der Waals surface area contributed by atoms with Crippen LogP contribution in [0.25, 0.3) is 0 Å². The minimum absolute atomic E-state index is 0.100. The number of halogens is 2. The van der Waals surface area contributed by atoms with E-state index >= 15 is 0 Å². The van der Waals surface area contributed by atoms with Crippen molar-refractivity contribution in [2.75, 3.05) is 7.11 Å². The molecule has 5 heteroatoms. The van der Waals surface area contributed by atoms with Gasteiger partial charge in [0.15, 0.2) is 0 Å². The molecule has 0 aliphatic rings. The van der Waals surface area contributed by atoms with Crippen LogP contribution in [0.15, 0.2) is 42.5 Å². The lowest BCUT2D eigenvalue weighted by molar-refractivity contribution is 0.414.